The number of anilines is 2. The van der Waals surface area contributed by atoms with E-state index in [-0.39, 0.29) is 0 Å². The summed E-state index contributed by atoms with van der Waals surface area (Å²) in [6, 6.07) is 20.0. The van der Waals surface area contributed by atoms with E-state index >= 15 is 0 Å². The summed E-state index contributed by atoms with van der Waals surface area (Å²) in [5.41, 5.74) is 4.30. The fourth-order valence-corrected chi connectivity index (χ4v) is 4.08. The zero-order valence-corrected chi connectivity index (χ0v) is 18.2. The Morgan fingerprint density at radius 3 is 2.28 bits per heavy atom. The molecule has 1 saturated heterocycles. The second kappa shape index (κ2) is 8.70. The number of rotatable bonds is 5. The number of para-hydroxylation sites is 1. The molecule has 4 aromatic rings. The van der Waals surface area contributed by atoms with Crippen LogP contribution >= 0.6 is 0 Å². The molecule has 2 aromatic heterocycles. The van der Waals surface area contributed by atoms with Gasteiger partial charge in [0.05, 0.1) is 12.7 Å². The van der Waals surface area contributed by atoms with Crippen LogP contribution in [0.3, 0.4) is 0 Å². The van der Waals surface area contributed by atoms with Crippen LogP contribution in [0.1, 0.15) is 5.56 Å². The second-order valence-electron chi connectivity index (χ2n) is 7.78. The highest BCUT2D eigenvalue weighted by Crippen LogP contribution is 2.32. The summed E-state index contributed by atoms with van der Waals surface area (Å²) in [5, 5.41) is 8.56. The number of benzene rings is 2. The van der Waals surface area contributed by atoms with Gasteiger partial charge < -0.3 is 19.0 Å². The van der Waals surface area contributed by atoms with E-state index in [0.29, 0.717) is 11.8 Å². The highest BCUT2D eigenvalue weighted by Gasteiger charge is 2.23. The van der Waals surface area contributed by atoms with Crippen molar-refractivity contribution in [3.63, 3.8) is 0 Å². The van der Waals surface area contributed by atoms with E-state index in [1.54, 1.807) is 7.11 Å². The third-order valence-corrected chi connectivity index (χ3v) is 5.81. The Morgan fingerprint density at radius 2 is 1.53 bits per heavy atom. The smallest absolute Gasteiger partial charge is 0.251 e. The molecule has 162 valence electrons. The van der Waals surface area contributed by atoms with Crippen molar-refractivity contribution in [2.24, 2.45) is 0 Å². The van der Waals surface area contributed by atoms with E-state index in [4.69, 9.17) is 9.15 Å². The van der Waals surface area contributed by atoms with Crippen LogP contribution in [0.4, 0.5) is 11.5 Å². The number of hydrogen-bond acceptors (Lipinski definition) is 7. The van der Waals surface area contributed by atoms with Gasteiger partial charge in [0.2, 0.25) is 5.89 Å². The van der Waals surface area contributed by atoms with Gasteiger partial charge in [0.15, 0.2) is 0 Å². The van der Waals surface area contributed by atoms with Crippen molar-refractivity contribution >= 4 is 11.5 Å². The van der Waals surface area contributed by atoms with Crippen molar-refractivity contribution in [1.82, 2.24) is 15.2 Å². The van der Waals surface area contributed by atoms with Crippen molar-refractivity contribution in [2.75, 3.05) is 43.1 Å². The van der Waals surface area contributed by atoms with E-state index in [1.807, 2.05) is 42.6 Å². The van der Waals surface area contributed by atoms with Crippen molar-refractivity contribution in [2.45, 2.75) is 6.92 Å². The van der Waals surface area contributed by atoms with Gasteiger partial charge in [-0.2, -0.15) is 0 Å². The van der Waals surface area contributed by atoms with Crippen LogP contribution in [0, 0.1) is 6.92 Å². The zero-order chi connectivity index (χ0) is 21.9. The van der Waals surface area contributed by atoms with Crippen LogP contribution in [0.25, 0.3) is 22.9 Å². The van der Waals surface area contributed by atoms with Crippen LogP contribution in [0.15, 0.2) is 71.3 Å². The number of nitrogens with zero attached hydrogens (tertiary/aromatic N) is 5. The number of pyridine rings is 1. The topological polar surface area (TPSA) is 67.5 Å². The van der Waals surface area contributed by atoms with Crippen molar-refractivity contribution in [3.8, 4) is 28.7 Å². The van der Waals surface area contributed by atoms with Gasteiger partial charge in [-0.05, 0) is 55.0 Å². The van der Waals surface area contributed by atoms with Crippen molar-refractivity contribution in [3.05, 3.63) is 72.4 Å². The Labute approximate surface area is 187 Å². The third-order valence-electron chi connectivity index (χ3n) is 5.81. The summed E-state index contributed by atoms with van der Waals surface area (Å²) in [4.78, 5) is 9.39. The Kier molecular flexibility index (Phi) is 5.46. The molecule has 1 aliphatic rings. The predicted octanol–water partition coefficient (Wildman–Crippen LogP) is 4.44. The van der Waals surface area contributed by atoms with Gasteiger partial charge >= 0.3 is 0 Å². The monoisotopic (exact) mass is 427 g/mol. The molecule has 0 spiro atoms. The maximum Gasteiger partial charge on any atom is 0.251 e. The summed E-state index contributed by atoms with van der Waals surface area (Å²) < 4.78 is 11.2. The Balaban J connectivity index is 1.36. The second-order valence-corrected chi connectivity index (χ2v) is 7.78. The van der Waals surface area contributed by atoms with Gasteiger partial charge in [0.25, 0.3) is 5.89 Å². The first-order chi connectivity index (χ1) is 15.7. The highest BCUT2D eigenvalue weighted by molar-refractivity contribution is 5.71. The summed E-state index contributed by atoms with van der Waals surface area (Å²) in [6.07, 6.45) is 1.81. The fourth-order valence-electron chi connectivity index (χ4n) is 4.08. The van der Waals surface area contributed by atoms with Gasteiger partial charge in [-0.3, -0.25) is 0 Å². The molecular weight excluding hydrogens is 402 g/mol. The first-order valence-corrected chi connectivity index (χ1v) is 10.7. The van der Waals surface area contributed by atoms with Gasteiger partial charge in [-0.25, -0.2) is 4.98 Å². The SMILES string of the molecule is COc1ccc(-c2nnc(-c3cccnc3N3CCN(c4ccccc4C)CC3)o2)cc1. The lowest BCUT2D eigenvalue weighted by Crippen LogP contribution is -2.47. The fraction of sp³-hybridized carbons (Fsp3) is 0.240. The Bertz CT molecular complexity index is 1200. The summed E-state index contributed by atoms with van der Waals surface area (Å²) in [7, 11) is 1.64. The number of methoxy groups -OCH3 is 1. The molecule has 5 rings (SSSR count). The molecular formula is C25H25N5O2. The average Bonchev–Trinajstić information content (AvgIpc) is 3.35. The molecule has 0 saturated carbocycles. The Morgan fingerprint density at radius 1 is 0.812 bits per heavy atom. The molecule has 1 aliphatic heterocycles. The summed E-state index contributed by atoms with van der Waals surface area (Å²) >= 11 is 0. The lowest BCUT2D eigenvalue weighted by atomic mass is 10.1. The van der Waals surface area contributed by atoms with Gasteiger partial charge in [-0.1, -0.05) is 18.2 Å². The lowest BCUT2D eigenvalue weighted by molar-refractivity contribution is 0.415. The standard InChI is InChI=1S/C25H25N5O2/c1-18-6-3-4-8-22(18)29-14-16-30(17-15-29)23-21(7-5-13-26-23)25-28-27-24(32-25)19-9-11-20(31-2)12-10-19/h3-13H,14-17H2,1-2H3. The molecule has 0 radical (unpaired) electrons. The van der Waals surface area contributed by atoms with Crippen LogP contribution in [-0.2, 0) is 0 Å². The molecule has 0 aliphatic carbocycles. The minimum atomic E-state index is 0.472. The largest absolute Gasteiger partial charge is 0.497 e. The molecule has 0 amide bonds. The molecule has 7 nitrogen and oxygen atoms in total. The molecule has 0 unspecified atom stereocenters. The van der Waals surface area contributed by atoms with E-state index in [0.717, 1.165) is 48.9 Å². The molecule has 0 bridgehead atoms. The first-order valence-electron chi connectivity index (χ1n) is 10.7. The maximum atomic E-state index is 6.03. The lowest BCUT2D eigenvalue weighted by Gasteiger charge is -2.37. The molecule has 0 N–H and O–H groups in total. The molecule has 7 heteroatoms. The summed E-state index contributed by atoms with van der Waals surface area (Å²) in [6.45, 7) is 5.77. The number of aromatic nitrogens is 3. The van der Waals surface area contributed by atoms with Gasteiger partial charge in [0.1, 0.15) is 11.6 Å². The highest BCUT2D eigenvalue weighted by atomic mass is 16.5. The van der Waals surface area contributed by atoms with E-state index < -0.39 is 0 Å². The molecule has 2 aromatic carbocycles. The average molecular weight is 428 g/mol. The van der Waals surface area contributed by atoms with Gasteiger partial charge in [0, 0.05) is 43.6 Å². The van der Waals surface area contributed by atoms with Crippen molar-refractivity contribution in [1.29, 1.82) is 0 Å². The molecule has 1 fully saturated rings. The van der Waals surface area contributed by atoms with Crippen LogP contribution in [0.2, 0.25) is 0 Å². The first kappa shape index (κ1) is 20.1. The number of aryl methyl sites for hydroxylation is 1. The normalized spacial score (nSPS) is 13.9. The van der Waals surface area contributed by atoms with E-state index in [2.05, 4.69) is 56.2 Å². The minimum Gasteiger partial charge on any atom is -0.497 e. The van der Waals surface area contributed by atoms with Crippen LogP contribution in [0.5, 0.6) is 5.75 Å². The van der Waals surface area contributed by atoms with Crippen LogP contribution < -0.4 is 14.5 Å². The molecule has 3 heterocycles. The quantitative estimate of drug-likeness (QED) is 0.466. The summed E-state index contributed by atoms with van der Waals surface area (Å²) in [5.74, 6) is 2.61. The molecule has 32 heavy (non-hydrogen) atoms. The zero-order valence-electron chi connectivity index (χ0n) is 18.2. The number of piperazine rings is 1. The number of ether oxygens (including phenoxy) is 1. The van der Waals surface area contributed by atoms with Crippen molar-refractivity contribution < 1.29 is 9.15 Å². The molecule has 0 atom stereocenters. The van der Waals surface area contributed by atoms with Gasteiger partial charge in [-0.15, -0.1) is 10.2 Å². The number of hydrogen-bond donors (Lipinski definition) is 0. The van der Waals surface area contributed by atoms with E-state index in [9.17, 15) is 0 Å². The predicted molar refractivity (Wildman–Crippen MR) is 125 cm³/mol. The van der Waals surface area contributed by atoms with E-state index in [1.165, 1.54) is 11.3 Å². The minimum absolute atomic E-state index is 0.472. The van der Waals surface area contributed by atoms with Crippen LogP contribution in [-0.4, -0.2) is 48.5 Å². The Hall–Kier alpha value is -3.87. The maximum absolute atomic E-state index is 6.03. The third kappa shape index (κ3) is 3.89.